The molecule has 0 aromatic carbocycles. The van der Waals surface area contributed by atoms with Crippen molar-refractivity contribution in [1.29, 1.82) is 0 Å². The van der Waals surface area contributed by atoms with Crippen LogP contribution in [-0.2, 0) is 23.9 Å². The SMILES string of the molecule is CC(=O)N[C@@H](CSSCCNC(=O)OCC(=O)[C@@]1(O)[C@H](C)C[C@H]2[C@@H]3CCC4=CC(=O)C=C[C@]4(C)[C@@]3(F)[C@@H](O)C[C@@]21C)C(N)=O. The fourth-order valence-corrected chi connectivity index (χ4v) is 10.3. The van der Waals surface area contributed by atoms with Gasteiger partial charge in [-0.2, -0.15) is 0 Å². The summed E-state index contributed by atoms with van der Waals surface area (Å²) in [5, 5.41) is 28.4. The van der Waals surface area contributed by atoms with Crippen molar-refractivity contribution in [3.8, 4) is 0 Å². The summed E-state index contributed by atoms with van der Waals surface area (Å²) in [6, 6.07) is -0.809. The van der Waals surface area contributed by atoms with E-state index in [9.17, 15) is 34.2 Å². The van der Waals surface area contributed by atoms with Crippen LogP contribution in [0.15, 0.2) is 23.8 Å². The molecule has 14 heteroatoms. The number of carbonyl (C=O) groups is 5. The highest BCUT2D eigenvalue weighted by atomic mass is 33.1. The summed E-state index contributed by atoms with van der Waals surface area (Å²) < 4.78 is 22.4. The maximum atomic E-state index is 17.3. The molecule has 6 N–H and O–H groups in total. The highest BCUT2D eigenvalue weighted by Gasteiger charge is 2.75. The zero-order valence-electron chi connectivity index (χ0n) is 25.4. The van der Waals surface area contributed by atoms with Gasteiger partial charge in [-0.15, -0.1) is 0 Å². The molecular weight excluding hydrogens is 613 g/mol. The number of amides is 3. The molecule has 0 bridgehead atoms. The van der Waals surface area contributed by atoms with Crippen molar-refractivity contribution in [3.05, 3.63) is 23.8 Å². The first-order valence-electron chi connectivity index (χ1n) is 14.8. The van der Waals surface area contributed by atoms with E-state index in [1.807, 2.05) is 0 Å². The number of ketones is 2. The lowest BCUT2D eigenvalue weighted by molar-refractivity contribution is -0.219. The third-order valence-corrected chi connectivity index (χ3v) is 12.9. The summed E-state index contributed by atoms with van der Waals surface area (Å²) in [6.45, 7) is 5.95. The molecule has 9 atom stereocenters. The Hall–Kier alpha value is -2.42. The van der Waals surface area contributed by atoms with Gasteiger partial charge in [-0.25, -0.2) is 9.18 Å². The number of hydrogen-bond acceptors (Lipinski definition) is 10. The van der Waals surface area contributed by atoms with Crippen LogP contribution in [-0.4, -0.2) is 87.8 Å². The fraction of sp³-hybridized carbons (Fsp3) is 0.700. The number of nitrogens with two attached hydrogens (primary N) is 1. The highest BCUT2D eigenvalue weighted by molar-refractivity contribution is 8.76. The smallest absolute Gasteiger partial charge is 0.407 e. The van der Waals surface area contributed by atoms with E-state index in [1.54, 1.807) is 26.8 Å². The van der Waals surface area contributed by atoms with Gasteiger partial charge in [0.15, 0.2) is 18.1 Å². The number of allylic oxidation sites excluding steroid dienone is 4. The number of fused-ring (bicyclic) bond motifs is 5. The Balaban J connectivity index is 1.34. The first-order chi connectivity index (χ1) is 20.5. The van der Waals surface area contributed by atoms with E-state index in [0.29, 0.717) is 30.6 Å². The average Bonchev–Trinajstić information content (AvgIpc) is 3.15. The predicted octanol–water partition coefficient (Wildman–Crippen LogP) is 2.00. The topological polar surface area (TPSA) is 185 Å². The molecule has 3 saturated carbocycles. The molecule has 4 aliphatic rings. The number of alkyl halides is 1. The number of aliphatic hydroxyl groups is 2. The number of ether oxygens (including phenoxy) is 1. The third-order valence-electron chi connectivity index (χ3n) is 10.5. The predicted molar refractivity (Wildman–Crippen MR) is 164 cm³/mol. The molecule has 0 aliphatic heterocycles. The lowest BCUT2D eigenvalue weighted by Gasteiger charge is -2.62. The molecule has 11 nitrogen and oxygen atoms in total. The van der Waals surface area contributed by atoms with E-state index in [1.165, 1.54) is 40.7 Å². The van der Waals surface area contributed by atoms with Crippen molar-refractivity contribution >= 4 is 51.1 Å². The van der Waals surface area contributed by atoms with E-state index in [2.05, 4.69) is 10.6 Å². The standard InChI is InChI=1S/C30H42FN3O8S2/c1-16-11-21-20-6-5-18-12-19(36)7-8-27(18,3)29(20,31)23(37)13-28(21,4)30(16,41)24(38)14-42-26(40)33-9-10-43-44-15-22(25(32)39)34-17(2)35/h7-8,12,16,20-23,37,41H,5-6,9-11,13-15H2,1-4H3,(H2,32,39)(H,33,40)(H,34,35)/t16-,20+,21+,22+,23+,27+,28+,29+,30+/m1/s1. The molecule has 4 rings (SSSR count). The number of hydrogen-bond donors (Lipinski definition) is 5. The molecule has 44 heavy (non-hydrogen) atoms. The maximum Gasteiger partial charge on any atom is 0.407 e. The summed E-state index contributed by atoms with van der Waals surface area (Å²) in [7, 11) is 2.64. The monoisotopic (exact) mass is 655 g/mol. The van der Waals surface area contributed by atoms with Crippen molar-refractivity contribution in [2.24, 2.45) is 34.3 Å². The van der Waals surface area contributed by atoms with Gasteiger partial charge in [0.05, 0.1) is 6.10 Å². The van der Waals surface area contributed by atoms with Gasteiger partial charge >= 0.3 is 6.09 Å². The Labute approximate surface area is 264 Å². The van der Waals surface area contributed by atoms with Crippen LogP contribution in [0, 0.1) is 28.6 Å². The van der Waals surface area contributed by atoms with E-state index >= 15 is 4.39 Å². The first-order valence-corrected chi connectivity index (χ1v) is 17.3. The molecule has 4 aliphatic carbocycles. The molecule has 0 aromatic heterocycles. The lowest BCUT2D eigenvalue weighted by Crippen LogP contribution is -2.69. The maximum absolute atomic E-state index is 17.3. The fourth-order valence-electron chi connectivity index (χ4n) is 8.24. The minimum atomic E-state index is -2.08. The molecule has 0 saturated heterocycles. The molecular formula is C30H42FN3O8S2. The Morgan fingerprint density at radius 1 is 1.23 bits per heavy atom. The largest absolute Gasteiger partial charge is 0.441 e. The van der Waals surface area contributed by atoms with Gasteiger partial charge in [0.2, 0.25) is 17.6 Å². The van der Waals surface area contributed by atoms with Crippen molar-refractivity contribution in [2.75, 3.05) is 24.7 Å². The van der Waals surface area contributed by atoms with Crippen LogP contribution < -0.4 is 16.4 Å². The number of rotatable bonds is 11. The van der Waals surface area contributed by atoms with Crippen LogP contribution in [0.4, 0.5) is 9.18 Å². The quantitative estimate of drug-likeness (QED) is 0.163. The van der Waals surface area contributed by atoms with Crippen LogP contribution in [0.3, 0.4) is 0 Å². The van der Waals surface area contributed by atoms with Crippen molar-refractivity contribution in [1.82, 2.24) is 10.6 Å². The number of nitrogens with one attached hydrogen (secondary N) is 2. The summed E-state index contributed by atoms with van der Waals surface area (Å²) in [5.74, 6) is -2.89. The van der Waals surface area contributed by atoms with Gasteiger partial charge in [0.1, 0.15) is 11.6 Å². The number of Topliss-reactive ketones (excluding diaryl/α,β-unsaturated/α-hetero) is 1. The molecule has 0 spiro atoms. The molecule has 244 valence electrons. The van der Waals surface area contributed by atoms with Crippen molar-refractivity contribution in [2.45, 2.75) is 76.8 Å². The number of aliphatic hydroxyl groups excluding tert-OH is 1. The number of halogens is 1. The first kappa shape index (κ1) is 34.5. The normalized spacial score (nSPS) is 38.0. The van der Waals surface area contributed by atoms with E-state index in [0.717, 1.165) is 0 Å². The van der Waals surface area contributed by atoms with E-state index in [-0.39, 0.29) is 30.4 Å². The minimum Gasteiger partial charge on any atom is -0.441 e. The van der Waals surface area contributed by atoms with E-state index in [4.69, 9.17) is 10.5 Å². The van der Waals surface area contributed by atoms with Gasteiger partial charge in [-0.1, -0.05) is 47.1 Å². The van der Waals surface area contributed by atoms with Gasteiger partial charge in [-0.3, -0.25) is 19.2 Å². The summed E-state index contributed by atoms with van der Waals surface area (Å²) in [4.78, 5) is 60.5. The van der Waals surface area contributed by atoms with Crippen LogP contribution in [0.1, 0.15) is 53.4 Å². The third kappa shape index (κ3) is 5.71. The van der Waals surface area contributed by atoms with Crippen molar-refractivity contribution in [3.63, 3.8) is 0 Å². The van der Waals surface area contributed by atoms with Crippen LogP contribution >= 0.6 is 21.6 Å². The second-order valence-corrected chi connectivity index (χ2v) is 15.5. The molecule has 0 aromatic rings. The van der Waals surface area contributed by atoms with Gasteiger partial charge in [0, 0.05) is 41.7 Å². The number of primary amides is 1. The van der Waals surface area contributed by atoms with Crippen LogP contribution in [0.5, 0.6) is 0 Å². The summed E-state index contributed by atoms with van der Waals surface area (Å²) in [5.41, 5.74) is -0.451. The second-order valence-electron chi connectivity index (χ2n) is 12.9. The molecule has 0 radical (unpaired) electrons. The Bertz CT molecular complexity index is 1280. The number of alkyl carbamates (subject to hydrolysis) is 1. The Morgan fingerprint density at radius 2 is 1.93 bits per heavy atom. The molecule has 0 heterocycles. The second kappa shape index (κ2) is 12.8. The van der Waals surface area contributed by atoms with Crippen LogP contribution in [0.25, 0.3) is 0 Å². The van der Waals surface area contributed by atoms with Gasteiger partial charge < -0.3 is 31.3 Å². The summed E-state index contributed by atoms with van der Waals surface area (Å²) in [6.07, 6.45) is 3.06. The Kier molecular flexibility index (Phi) is 9.99. The molecule has 0 unspecified atom stereocenters. The highest BCUT2D eigenvalue weighted by Crippen LogP contribution is 2.70. The summed E-state index contributed by atoms with van der Waals surface area (Å²) >= 11 is 0. The van der Waals surface area contributed by atoms with E-state index < -0.39 is 76.4 Å². The Morgan fingerprint density at radius 3 is 2.59 bits per heavy atom. The van der Waals surface area contributed by atoms with Gasteiger partial charge in [-0.05, 0) is 56.6 Å². The molecule has 3 amide bonds. The lowest BCUT2D eigenvalue weighted by atomic mass is 9.44. The zero-order valence-corrected chi connectivity index (χ0v) is 27.0. The van der Waals surface area contributed by atoms with Crippen molar-refractivity contribution < 1.29 is 43.3 Å². The minimum absolute atomic E-state index is 0.165. The molecule has 3 fully saturated rings. The zero-order chi connectivity index (χ0) is 32.7. The van der Waals surface area contributed by atoms with Crippen LogP contribution in [0.2, 0.25) is 0 Å². The average molecular weight is 656 g/mol. The number of carbonyl (C=O) groups excluding carboxylic acids is 5. The van der Waals surface area contributed by atoms with Gasteiger partial charge in [0.25, 0.3) is 0 Å².